The number of halogens is 1. The van der Waals surface area contributed by atoms with E-state index in [1.165, 1.54) is 32.1 Å². The number of aromatic nitrogens is 1. The minimum absolute atomic E-state index is 0. The molecule has 0 amide bonds. The van der Waals surface area contributed by atoms with Gasteiger partial charge in [-0.05, 0) is 25.5 Å². The van der Waals surface area contributed by atoms with Gasteiger partial charge in [-0.3, -0.25) is 9.98 Å². The van der Waals surface area contributed by atoms with E-state index in [0.717, 1.165) is 11.7 Å². The van der Waals surface area contributed by atoms with Gasteiger partial charge in [0.05, 0.1) is 12.7 Å². The van der Waals surface area contributed by atoms with Gasteiger partial charge < -0.3 is 15.4 Å². The van der Waals surface area contributed by atoms with Crippen LogP contribution in [0.25, 0.3) is 0 Å². The lowest BCUT2D eigenvalue weighted by atomic mass is 10.1. The number of unbranched alkanes of at least 4 members (excludes halogenated alkanes) is 3. The molecule has 0 saturated heterocycles. The van der Waals surface area contributed by atoms with Crippen molar-refractivity contribution in [3.63, 3.8) is 0 Å². The zero-order chi connectivity index (χ0) is 16.0. The smallest absolute Gasteiger partial charge is 0.191 e. The second kappa shape index (κ2) is 14.5. The molecule has 1 aromatic heterocycles. The largest absolute Gasteiger partial charge is 0.490 e. The Morgan fingerprint density at radius 2 is 2.17 bits per heavy atom. The average molecular weight is 434 g/mol. The number of nitrogens with one attached hydrogen (secondary N) is 2. The van der Waals surface area contributed by atoms with Crippen LogP contribution in [0, 0.1) is 0 Å². The number of ether oxygens (including phenoxy) is 1. The summed E-state index contributed by atoms with van der Waals surface area (Å²) in [4.78, 5) is 8.26. The lowest BCUT2D eigenvalue weighted by Crippen LogP contribution is -2.43. The predicted molar refractivity (Wildman–Crippen MR) is 108 cm³/mol. The lowest BCUT2D eigenvalue weighted by Gasteiger charge is -2.18. The van der Waals surface area contributed by atoms with E-state index in [9.17, 15) is 0 Å². The SMILES string of the molecule is CCCCCCC(C)NC(=NC)NCCOc1cccnc1.I. The number of guanidine groups is 1. The molecule has 0 aliphatic carbocycles. The van der Waals surface area contributed by atoms with Gasteiger partial charge in [0.2, 0.25) is 0 Å². The van der Waals surface area contributed by atoms with Gasteiger partial charge in [-0.1, -0.05) is 32.6 Å². The third-order valence-corrected chi connectivity index (χ3v) is 3.40. The van der Waals surface area contributed by atoms with E-state index in [0.29, 0.717) is 19.2 Å². The molecular weight excluding hydrogens is 403 g/mol. The van der Waals surface area contributed by atoms with Crippen LogP contribution in [0.4, 0.5) is 0 Å². The maximum absolute atomic E-state index is 5.59. The van der Waals surface area contributed by atoms with Crippen LogP contribution in [-0.2, 0) is 0 Å². The third-order valence-electron chi connectivity index (χ3n) is 3.40. The number of rotatable bonds is 10. The van der Waals surface area contributed by atoms with E-state index in [-0.39, 0.29) is 24.0 Å². The molecule has 0 aliphatic heterocycles. The van der Waals surface area contributed by atoms with Gasteiger partial charge in [0.25, 0.3) is 0 Å². The summed E-state index contributed by atoms with van der Waals surface area (Å²) in [5.41, 5.74) is 0. The number of hydrogen-bond acceptors (Lipinski definition) is 3. The van der Waals surface area contributed by atoms with Crippen molar-refractivity contribution in [2.75, 3.05) is 20.2 Å². The molecule has 1 atom stereocenters. The molecule has 0 aromatic carbocycles. The second-order valence-corrected chi connectivity index (χ2v) is 5.43. The van der Waals surface area contributed by atoms with Crippen molar-refractivity contribution in [1.29, 1.82) is 0 Å². The molecular formula is C17H31IN4O. The van der Waals surface area contributed by atoms with Crippen LogP contribution < -0.4 is 15.4 Å². The fourth-order valence-electron chi connectivity index (χ4n) is 2.15. The molecule has 0 bridgehead atoms. The highest BCUT2D eigenvalue weighted by molar-refractivity contribution is 14.0. The first kappa shape index (κ1) is 21.9. The summed E-state index contributed by atoms with van der Waals surface area (Å²) in [5.74, 6) is 1.62. The zero-order valence-electron chi connectivity index (χ0n) is 14.5. The van der Waals surface area contributed by atoms with Crippen molar-refractivity contribution in [2.45, 2.75) is 52.0 Å². The Balaban J connectivity index is 0.00000484. The van der Waals surface area contributed by atoms with Gasteiger partial charge >= 0.3 is 0 Å². The first-order chi connectivity index (χ1) is 10.8. The van der Waals surface area contributed by atoms with Gasteiger partial charge in [-0.2, -0.15) is 0 Å². The van der Waals surface area contributed by atoms with Gasteiger partial charge in [-0.15, -0.1) is 24.0 Å². The van der Waals surface area contributed by atoms with Crippen molar-refractivity contribution >= 4 is 29.9 Å². The highest BCUT2D eigenvalue weighted by Crippen LogP contribution is 2.06. The first-order valence-electron chi connectivity index (χ1n) is 8.26. The standard InChI is InChI=1S/C17H30N4O.HI/c1-4-5-6-7-9-15(2)21-17(18-3)20-12-13-22-16-10-8-11-19-14-16;/h8,10-11,14-15H,4-7,9,12-13H2,1-3H3,(H2,18,20,21);1H. The minimum Gasteiger partial charge on any atom is -0.490 e. The van der Waals surface area contributed by atoms with Crippen LogP contribution in [0.1, 0.15) is 46.0 Å². The van der Waals surface area contributed by atoms with Gasteiger partial charge in [-0.25, -0.2) is 0 Å². The summed E-state index contributed by atoms with van der Waals surface area (Å²) in [6.07, 6.45) is 9.81. The van der Waals surface area contributed by atoms with Crippen LogP contribution >= 0.6 is 24.0 Å². The molecule has 5 nitrogen and oxygen atoms in total. The Kier molecular flexibility index (Phi) is 13.9. The van der Waals surface area contributed by atoms with E-state index in [4.69, 9.17) is 4.74 Å². The molecule has 6 heteroatoms. The third kappa shape index (κ3) is 11.2. The molecule has 1 unspecified atom stereocenters. The number of nitrogens with zero attached hydrogens (tertiary/aromatic N) is 2. The van der Waals surface area contributed by atoms with Crippen molar-refractivity contribution < 1.29 is 4.74 Å². The minimum atomic E-state index is 0. The number of pyridine rings is 1. The zero-order valence-corrected chi connectivity index (χ0v) is 16.9. The maximum atomic E-state index is 5.59. The Labute approximate surface area is 157 Å². The van der Waals surface area contributed by atoms with Crippen LogP contribution in [0.3, 0.4) is 0 Å². The highest BCUT2D eigenvalue weighted by Gasteiger charge is 2.04. The van der Waals surface area contributed by atoms with E-state index >= 15 is 0 Å². The van der Waals surface area contributed by atoms with Crippen molar-refractivity contribution in [1.82, 2.24) is 15.6 Å². The lowest BCUT2D eigenvalue weighted by molar-refractivity contribution is 0.320. The molecule has 1 aromatic rings. The number of hydrogen-bond donors (Lipinski definition) is 2. The van der Waals surface area contributed by atoms with Gasteiger partial charge in [0.1, 0.15) is 12.4 Å². The fraction of sp³-hybridized carbons (Fsp3) is 0.647. The summed E-state index contributed by atoms with van der Waals surface area (Å²) < 4.78 is 5.59. The van der Waals surface area contributed by atoms with E-state index in [1.807, 2.05) is 12.1 Å². The number of aliphatic imine (C=N–C) groups is 1. The maximum Gasteiger partial charge on any atom is 0.191 e. The topological polar surface area (TPSA) is 58.5 Å². The Morgan fingerprint density at radius 1 is 1.35 bits per heavy atom. The van der Waals surface area contributed by atoms with E-state index in [1.54, 1.807) is 19.4 Å². The molecule has 1 heterocycles. The molecule has 0 spiro atoms. The van der Waals surface area contributed by atoms with Gasteiger partial charge in [0, 0.05) is 19.3 Å². The van der Waals surface area contributed by atoms with Gasteiger partial charge in [0.15, 0.2) is 5.96 Å². The Hall–Kier alpha value is -1.05. The van der Waals surface area contributed by atoms with Crippen LogP contribution in [0.5, 0.6) is 5.75 Å². The summed E-state index contributed by atoms with van der Waals surface area (Å²) >= 11 is 0. The second-order valence-electron chi connectivity index (χ2n) is 5.43. The molecule has 1 rings (SSSR count). The molecule has 0 aliphatic rings. The summed E-state index contributed by atoms with van der Waals surface area (Å²) in [7, 11) is 1.79. The quantitative estimate of drug-likeness (QED) is 0.256. The van der Waals surface area contributed by atoms with Crippen LogP contribution in [0.2, 0.25) is 0 Å². The summed E-state index contributed by atoms with van der Waals surface area (Å²) in [6, 6.07) is 4.20. The van der Waals surface area contributed by atoms with E-state index < -0.39 is 0 Å². The average Bonchev–Trinajstić information content (AvgIpc) is 2.55. The molecule has 23 heavy (non-hydrogen) atoms. The highest BCUT2D eigenvalue weighted by atomic mass is 127. The summed E-state index contributed by atoms with van der Waals surface area (Å²) in [5, 5.41) is 6.68. The molecule has 0 saturated carbocycles. The first-order valence-corrected chi connectivity index (χ1v) is 8.26. The predicted octanol–water partition coefficient (Wildman–Crippen LogP) is 3.60. The summed E-state index contributed by atoms with van der Waals surface area (Å²) in [6.45, 7) is 5.72. The Morgan fingerprint density at radius 3 is 2.83 bits per heavy atom. The molecule has 2 N–H and O–H groups in total. The van der Waals surface area contributed by atoms with Crippen molar-refractivity contribution in [2.24, 2.45) is 4.99 Å². The molecule has 132 valence electrons. The fourth-order valence-corrected chi connectivity index (χ4v) is 2.15. The van der Waals surface area contributed by atoms with Crippen molar-refractivity contribution in [3.05, 3.63) is 24.5 Å². The normalized spacial score (nSPS) is 12.2. The van der Waals surface area contributed by atoms with Crippen LogP contribution in [-0.4, -0.2) is 37.2 Å². The van der Waals surface area contributed by atoms with E-state index in [2.05, 4.69) is 34.5 Å². The molecule has 0 fully saturated rings. The van der Waals surface area contributed by atoms with Crippen molar-refractivity contribution in [3.8, 4) is 5.75 Å². The Bertz CT molecular complexity index is 414. The molecule has 0 radical (unpaired) electrons. The monoisotopic (exact) mass is 434 g/mol. The van der Waals surface area contributed by atoms with Crippen LogP contribution in [0.15, 0.2) is 29.5 Å².